The highest BCUT2D eigenvalue weighted by Gasteiger charge is 2.11. The smallest absolute Gasteiger partial charge is 0.189 e. The van der Waals surface area contributed by atoms with E-state index < -0.39 is 0 Å². The van der Waals surface area contributed by atoms with Crippen LogP contribution in [0, 0.1) is 6.92 Å². The van der Waals surface area contributed by atoms with Crippen molar-refractivity contribution in [2.24, 2.45) is 0 Å². The molecular weight excluding hydrogens is 314 g/mol. The molecule has 0 atom stereocenters. The summed E-state index contributed by atoms with van der Waals surface area (Å²) in [4.78, 5) is 4.79. The maximum Gasteiger partial charge on any atom is 0.189 e. The molecule has 0 saturated carbocycles. The Labute approximate surface area is 145 Å². The second-order valence-electron chi connectivity index (χ2n) is 5.73. The minimum Gasteiger partial charge on any atom is -0.222 e. The van der Waals surface area contributed by atoms with Crippen molar-refractivity contribution in [3.05, 3.63) is 72.3 Å². The van der Waals surface area contributed by atoms with E-state index in [4.69, 9.17) is 10.1 Å². The molecule has 0 fully saturated rings. The molecule has 0 N–H and O–H groups in total. The van der Waals surface area contributed by atoms with Gasteiger partial charge in [0.15, 0.2) is 5.16 Å². The lowest BCUT2D eigenvalue weighted by Gasteiger charge is -2.06. The average Bonchev–Trinajstić information content (AvgIpc) is 3.06. The van der Waals surface area contributed by atoms with E-state index in [2.05, 4.69) is 55.5 Å². The highest BCUT2D eigenvalue weighted by molar-refractivity contribution is 7.98. The quantitative estimate of drug-likeness (QED) is 0.387. The summed E-state index contributed by atoms with van der Waals surface area (Å²) in [5, 5.41) is 5.63. The van der Waals surface area contributed by atoms with Crippen LogP contribution in [-0.2, 0) is 0 Å². The number of hydrogen-bond donors (Lipinski definition) is 0. The van der Waals surface area contributed by atoms with Crippen LogP contribution in [0.25, 0.3) is 28.0 Å². The van der Waals surface area contributed by atoms with Gasteiger partial charge in [-0.2, -0.15) is 5.10 Å². The summed E-state index contributed by atoms with van der Waals surface area (Å²) in [6.45, 7) is 2.09. The van der Waals surface area contributed by atoms with Crippen LogP contribution < -0.4 is 0 Å². The zero-order valence-corrected chi connectivity index (χ0v) is 14.4. The zero-order valence-electron chi connectivity index (χ0n) is 13.6. The van der Waals surface area contributed by atoms with E-state index in [0.29, 0.717) is 0 Å². The Morgan fingerprint density at radius 2 is 1.50 bits per heavy atom. The molecule has 24 heavy (non-hydrogen) atoms. The van der Waals surface area contributed by atoms with Gasteiger partial charge in [-0.3, -0.25) is 0 Å². The molecule has 0 amide bonds. The van der Waals surface area contributed by atoms with Gasteiger partial charge in [0, 0.05) is 11.1 Å². The van der Waals surface area contributed by atoms with E-state index in [-0.39, 0.29) is 0 Å². The van der Waals surface area contributed by atoms with Gasteiger partial charge in [0.1, 0.15) is 0 Å². The summed E-state index contributed by atoms with van der Waals surface area (Å²) in [6.07, 6.45) is 2.03. The zero-order chi connectivity index (χ0) is 16.5. The third kappa shape index (κ3) is 2.69. The molecule has 0 spiro atoms. The monoisotopic (exact) mass is 331 g/mol. The molecular formula is C20H17N3S. The molecule has 0 aliphatic carbocycles. The molecule has 2 aromatic heterocycles. The van der Waals surface area contributed by atoms with Crippen LogP contribution in [0.5, 0.6) is 0 Å². The lowest BCUT2D eigenvalue weighted by molar-refractivity contribution is 0.802. The molecule has 0 radical (unpaired) electrons. The first kappa shape index (κ1) is 15.0. The molecule has 0 unspecified atom stereocenters. The van der Waals surface area contributed by atoms with Crippen molar-refractivity contribution in [1.82, 2.24) is 14.6 Å². The van der Waals surface area contributed by atoms with Crippen LogP contribution in [0.2, 0.25) is 0 Å². The molecule has 4 heteroatoms. The summed E-state index contributed by atoms with van der Waals surface area (Å²) in [5.41, 5.74) is 6.50. The Morgan fingerprint density at radius 1 is 0.833 bits per heavy atom. The van der Waals surface area contributed by atoms with Gasteiger partial charge >= 0.3 is 0 Å². The molecule has 4 aromatic rings. The van der Waals surface area contributed by atoms with E-state index in [1.165, 1.54) is 5.56 Å². The second-order valence-corrected chi connectivity index (χ2v) is 6.50. The summed E-state index contributed by atoms with van der Waals surface area (Å²) >= 11 is 1.61. The predicted octanol–water partition coefficient (Wildman–Crippen LogP) is 5.09. The minimum atomic E-state index is 0.894. The van der Waals surface area contributed by atoms with Crippen molar-refractivity contribution in [2.45, 2.75) is 12.1 Å². The van der Waals surface area contributed by atoms with E-state index >= 15 is 0 Å². The van der Waals surface area contributed by atoms with E-state index in [1.54, 1.807) is 11.8 Å². The van der Waals surface area contributed by atoms with Crippen molar-refractivity contribution in [3.8, 4) is 22.5 Å². The maximum atomic E-state index is 4.79. The van der Waals surface area contributed by atoms with Crippen LogP contribution in [0.15, 0.2) is 71.9 Å². The normalized spacial score (nSPS) is 11.1. The van der Waals surface area contributed by atoms with E-state index in [0.717, 1.165) is 33.2 Å². The van der Waals surface area contributed by atoms with Crippen LogP contribution in [-0.4, -0.2) is 20.9 Å². The molecule has 3 nitrogen and oxygen atoms in total. The van der Waals surface area contributed by atoms with Crippen LogP contribution in [0.4, 0.5) is 0 Å². The number of aryl methyl sites for hydroxylation is 1. The Kier molecular flexibility index (Phi) is 3.82. The van der Waals surface area contributed by atoms with Gasteiger partial charge in [0.2, 0.25) is 0 Å². The molecule has 118 valence electrons. The molecule has 0 aliphatic heterocycles. The summed E-state index contributed by atoms with van der Waals surface area (Å²) in [6, 6.07) is 22.9. The Balaban J connectivity index is 1.88. The van der Waals surface area contributed by atoms with Crippen molar-refractivity contribution in [2.75, 3.05) is 6.26 Å². The Hall–Kier alpha value is -2.59. The van der Waals surface area contributed by atoms with Crippen molar-refractivity contribution in [1.29, 1.82) is 0 Å². The van der Waals surface area contributed by atoms with Gasteiger partial charge in [-0.25, -0.2) is 9.50 Å². The number of nitrogens with zero attached hydrogens (tertiary/aromatic N) is 3. The third-order valence-electron chi connectivity index (χ3n) is 4.02. The number of benzene rings is 2. The fourth-order valence-corrected chi connectivity index (χ4v) is 3.24. The Morgan fingerprint density at radius 3 is 2.21 bits per heavy atom. The average molecular weight is 331 g/mol. The number of thioether (sulfide) groups is 1. The predicted molar refractivity (Wildman–Crippen MR) is 100 cm³/mol. The summed E-state index contributed by atoms with van der Waals surface area (Å²) in [5.74, 6) is 0. The summed E-state index contributed by atoms with van der Waals surface area (Å²) < 4.78 is 1.92. The Bertz CT molecular complexity index is 989. The first-order valence-corrected chi connectivity index (χ1v) is 9.04. The van der Waals surface area contributed by atoms with Crippen LogP contribution >= 0.6 is 11.8 Å². The molecule has 0 saturated heterocycles. The SMILES string of the molecule is CSc1nc(-c2ccc(C)cc2)cc2cc(-c3ccccc3)nn12. The fourth-order valence-electron chi connectivity index (χ4n) is 2.73. The van der Waals surface area contributed by atoms with E-state index in [9.17, 15) is 0 Å². The molecule has 2 heterocycles. The lowest BCUT2D eigenvalue weighted by atomic mass is 10.1. The van der Waals surface area contributed by atoms with Crippen molar-refractivity contribution >= 4 is 17.3 Å². The lowest BCUT2D eigenvalue weighted by Crippen LogP contribution is -1.97. The van der Waals surface area contributed by atoms with Gasteiger partial charge in [-0.1, -0.05) is 71.9 Å². The standard InChI is InChI=1S/C20H17N3S/c1-14-8-10-16(11-9-14)18-12-17-13-19(15-6-4-3-5-7-15)22-23(17)20(21-18)24-2/h3-13H,1-2H3. The molecule has 0 bridgehead atoms. The number of rotatable bonds is 3. The third-order valence-corrected chi connectivity index (χ3v) is 4.65. The maximum absolute atomic E-state index is 4.79. The highest BCUT2D eigenvalue weighted by Crippen LogP contribution is 2.27. The van der Waals surface area contributed by atoms with Gasteiger partial charge in [0.05, 0.1) is 16.9 Å². The van der Waals surface area contributed by atoms with Gasteiger partial charge in [-0.15, -0.1) is 0 Å². The number of hydrogen-bond acceptors (Lipinski definition) is 3. The highest BCUT2D eigenvalue weighted by atomic mass is 32.2. The second kappa shape index (κ2) is 6.13. The van der Waals surface area contributed by atoms with Crippen molar-refractivity contribution < 1.29 is 0 Å². The van der Waals surface area contributed by atoms with Gasteiger partial charge in [0.25, 0.3) is 0 Å². The molecule has 2 aromatic carbocycles. The molecule has 4 rings (SSSR count). The minimum absolute atomic E-state index is 0.894. The fraction of sp³-hybridized carbons (Fsp3) is 0.100. The van der Waals surface area contributed by atoms with Crippen LogP contribution in [0.1, 0.15) is 5.56 Å². The largest absolute Gasteiger partial charge is 0.222 e. The van der Waals surface area contributed by atoms with Gasteiger partial charge in [-0.05, 0) is 25.3 Å². The topological polar surface area (TPSA) is 30.2 Å². The first-order valence-electron chi connectivity index (χ1n) is 7.82. The number of aromatic nitrogens is 3. The van der Waals surface area contributed by atoms with Crippen molar-refractivity contribution in [3.63, 3.8) is 0 Å². The molecule has 0 aliphatic rings. The van der Waals surface area contributed by atoms with Gasteiger partial charge < -0.3 is 0 Å². The number of fused-ring (bicyclic) bond motifs is 1. The summed E-state index contributed by atoms with van der Waals surface area (Å²) in [7, 11) is 0. The van der Waals surface area contributed by atoms with Crippen LogP contribution in [0.3, 0.4) is 0 Å². The first-order chi connectivity index (χ1) is 11.7. The van der Waals surface area contributed by atoms with E-state index in [1.807, 2.05) is 29.0 Å².